The van der Waals surface area contributed by atoms with Crippen LogP contribution in [0.3, 0.4) is 0 Å². The first-order valence-electron chi connectivity index (χ1n) is 31.7. The molecule has 0 spiro atoms. The number of nitrogens with zero attached hydrogens (tertiary/aromatic N) is 1. The van der Waals surface area contributed by atoms with Gasteiger partial charge in [0.25, 0.3) is 11.7 Å². The average molecular weight is 1340 g/mol. The van der Waals surface area contributed by atoms with Gasteiger partial charge in [-0.25, -0.2) is 9.59 Å². The highest BCUT2D eigenvalue weighted by Crippen LogP contribution is 2.38. The minimum Gasteiger partial charge on any atom is -0.462 e. The Morgan fingerprint density at radius 2 is 1.48 bits per heavy atom. The highest BCUT2D eigenvalue weighted by molar-refractivity contribution is 14.1. The lowest BCUT2D eigenvalue weighted by Crippen LogP contribution is -2.57. The fourth-order valence-electron chi connectivity index (χ4n) is 12.1. The number of aliphatic hydroxyl groups excluding tert-OH is 1. The third-order valence-corrected chi connectivity index (χ3v) is 18.7. The molecule has 0 aromatic heterocycles. The molecule has 490 valence electrons. The number of cyclic esters (lactones) is 1. The zero-order valence-electron chi connectivity index (χ0n) is 54.1. The lowest BCUT2D eigenvalue weighted by molar-refractivity contribution is -0.205. The number of halogens is 1. The number of fused-ring (bicyclic) bond motifs is 1. The van der Waals surface area contributed by atoms with E-state index in [-0.39, 0.29) is 91.7 Å². The Balaban J connectivity index is 1.45. The number of unbranched alkanes of at least 4 members (excludes halogenated alkanes) is 2. The molecule has 88 heavy (non-hydrogen) atoms. The van der Waals surface area contributed by atoms with Gasteiger partial charge in [0.05, 0.1) is 21.4 Å². The number of allylic oxidation sites excluding steroid dienone is 7. The van der Waals surface area contributed by atoms with Gasteiger partial charge in [-0.15, -0.1) is 0 Å². The summed E-state index contributed by atoms with van der Waals surface area (Å²) in [5.41, 5.74) is 3.69. The van der Waals surface area contributed by atoms with Gasteiger partial charge in [-0.05, 0) is 181 Å². The van der Waals surface area contributed by atoms with Crippen LogP contribution >= 0.6 is 22.6 Å². The Kier molecular flexibility index (Phi) is 31.1. The summed E-state index contributed by atoms with van der Waals surface area (Å²) < 4.78 is 23.9. The lowest BCUT2D eigenvalue weighted by atomic mass is 9.79. The minimum absolute atomic E-state index is 0.00654. The second kappa shape index (κ2) is 36.4. The van der Waals surface area contributed by atoms with Crippen LogP contribution < -0.4 is 10.6 Å². The van der Waals surface area contributed by atoms with Crippen LogP contribution in [0.2, 0.25) is 0 Å². The number of hydrogen-bond donors (Lipinski definition) is 5. The molecule has 9 atom stereocenters. The summed E-state index contributed by atoms with van der Waals surface area (Å²) in [6.07, 6.45) is 17.1. The zero-order valence-corrected chi connectivity index (χ0v) is 56.3. The van der Waals surface area contributed by atoms with Crippen molar-refractivity contribution in [2.24, 2.45) is 35.5 Å². The highest BCUT2D eigenvalue weighted by atomic mass is 127. The molecule has 1 aliphatic carbocycles. The normalized spacial score (nSPS) is 28.6. The smallest absolute Gasteiger partial charge is 0.339 e. The number of esters is 3. The number of hydrogen-bond acceptors (Lipinski definition) is 16. The molecule has 19 nitrogen and oxygen atoms in total. The first-order valence-corrected chi connectivity index (χ1v) is 32.8. The second-order valence-electron chi connectivity index (χ2n) is 25.2. The third-order valence-electron chi connectivity index (χ3n) is 17.6. The van der Waals surface area contributed by atoms with E-state index in [1.54, 1.807) is 33.8 Å². The van der Waals surface area contributed by atoms with Gasteiger partial charge in [0.2, 0.25) is 17.6 Å². The topological polar surface area (TPSA) is 279 Å². The molecule has 0 radical (unpaired) electrons. The minimum atomic E-state index is -2.98. The van der Waals surface area contributed by atoms with Crippen LogP contribution in [0.25, 0.3) is 0 Å². The van der Waals surface area contributed by atoms with E-state index in [1.807, 2.05) is 80.7 Å². The zero-order chi connectivity index (χ0) is 65.6. The van der Waals surface area contributed by atoms with Gasteiger partial charge in [0.1, 0.15) is 36.2 Å². The number of benzene rings is 1. The number of methoxy groups -OCH3 is 1. The first-order chi connectivity index (χ1) is 41.5. The first kappa shape index (κ1) is 75.0. The number of amides is 3. The summed E-state index contributed by atoms with van der Waals surface area (Å²) in [7, 11) is 1.37. The molecule has 2 aliphatic heterocycles. The van der Waals surface area contributed by atoms with Gasteiger partial charge in [-0.1, -0.05) is 89.5 Å². The maximum atomic E-state index is 14.5. The Bertz CT molecular complexity index is 2700. The maximum absolute atomic E-state index is 14.5. The van der Waals surface area contributed by atoms with E-state index in [0.717, 1.165) is 29.7 Å². The molecule has 4 rings (SSSR count). The van der Waals surface area contributed by atoms with Crippen molar-refractivity contribution in [3.63, 3.8) is 0 Å². The highest BCUT2D eigenvalue weighted by Gasteiger charge is 2.48. The van der Waals surface area contributed by atoms with Crippen molar-refractivity contribution in [2.45, 2.75) is 234 Å². The molecule has 0 unspecified atom stereocenters. The molecule has 5 N–H and O–H groups in total. The van der Waals surface area contributed by atoms with E-state index in [2.05, 4.69) is 10.6 Å². The van der Waals surface area contributed by atoms with E-state index in [4.69, 9.17) is 18.9 Å². The number of ketones is 3. The van der Waals surface area contributed by atoms with E-state index >= 15 is 0 Å². The molecule has 1 saturated heterocycles. The number of rotatable bonds is 14. The Labute approximate surface area is 535 Å². The van der Waals surface area contributed by atoms with Crippen LogP contribution in [-0.2, 0) is 57.3 Å². The molecule has 1 saturated carbocycles. The number of anilines is 2. The standard InChI is InChI=1S/C68H100IN3O16/c1-40-24-16-13-18-26-41(2)36-44(5)61(77)63(85-12)62(78)45(6)37-42(3)54(75)39-55(88-66(81)53-28-21-22-34-72(53)65(80)64(79)68(83,84)46(7)27-19-14-17-25-40)43(4)38-51-30-32-52(33-31-51)87-56(76)29-20-15-23-35-86-67(82)57-47(8)59(70-49(10)73)48(9)60(58(57)69)71-50(11)74/h13,16,18,24,26,37,41-44,46,51-53,55,62-63,78,83-84H,14-15,17,19-23,25,27-36,38-39H2,1-12H3,(H,70,73)(H,71,74)/b16-13+,26-18+,40-24+,45-37+/t41-,42-,43-,44-,46-,51-,52-,53+,55+,62-,63+/m1/s1. The van der Waals surface area contributed by atoms with E-state index in [0.29, 0.717) is 109 Å². The Morgan fingerprint density at radius 1 is 0.818 bits per heavy atom. The number of aliphatic hydroxyl groups is 3. The van der Waals surface area contributed by atoms with Crippen molar-refractivity contribution in [2.75, 3.05) is 30.9 Å². The molecular weight excluding hydrogens is 1240 g/mol. The number of Topliss-reactive ketones (excluding diaryl/α,β-unsaturated/α-hetero) is 3. The number of piperidine rings is 1. The third kappa shape index (κ3) is 22.5. The van der Waals surface area contributed by atoms with E-state index in [9.17, 15) is 58.5 Å². The van der Waals surface area contributed by atoms with Gasteiger partial charge in [0, 0.05) is 63.8 Å². The molecule has 2 heterocycles. The van der Waals surface area contributed by atoms with Gasteiger partial charge < -0.3 is 49.8 Å². The van der Waals surface area contributed by atoms with Crippen LogP contribution in [0.4, 0.5) is 11.4 Å². The van der Waals surface area contributed by atoms with Crippen molar-refractivity contribution in [3.05, 3.63) is 67.9 Å². The quantitative estimate of drug-likeness (QED) is 0.0220. The molecule has 0 bridgehead atoms. The van der Waals surface area contributed by atoms with Crippen LogP contribution in [0, 0.1) is 52.9 Å². The van der Waals surface area contributed by atoms with Crippen molar-refractivity contribution in [1.29, 1.82) is 0 Å². The summed E-state index contributed by atoms with van der Waals surface area (Å²) in [4.78, 5) is 122. The molecule has 2 fully saturated rings. The number of nitrogens with one attached hydrogen (secondary N) is 2. The SMILES string of the molecule is CO[C@H]1C(=O)[C@H](C)C[C@H](C)/C=C/C=C/C=C(\C)CCCCC[C@@H](C)C(O)(O)C(=O)C(=O)N2CCCC[C@H]2C(=O)O[C@H]([C@H](C)C[C@H]2CC[C@H](OC(=O)CCCCCOC(=O)c3c(C)c(NC(C)=O)c(C)c(NC(C)=O)c3I)CC2)CC(=O)[C@H](C)/C=C(\C)[C@H]1O. The van der Waals surface area contributed by atoms with Crippen molar-refractivity contribution >= 4 is 86.9 Å². The van der Waals surface area contributed by atoms with Gasteiger partial charge in [0.15, 0.2) is 5.78 Å². The second-order valence-corrected chi connectivity index (χ2v) is 26.2. The summed E-state index contributed by atoms with van der Waals surface area (Å²) >= 11 is 1.99. The number of carbonyl (C=O) groups is 9. The molecule has 20 heteroatoms. The van der Waals surface area contributed by atoms with Crippen LogP contribution in [0.1, 0.15) is 206 Å². The molecule has 3 amide bonds. The van der Waals surface area contributed by atoms with Crippen molar-refractivity contribution in [3.8, 4) is 0 Å². The predicted molar refractivity (Wildman–Crippen MR) is 345 cm³/mol. The molecule has 1 aromatic rings. The summed E-state index contributed by atoms with van der Waals surface area (Å²) in [5, 5.41) is 39.5. The molecular formula is C68H100IN3O16. The predicted octanol–water partition coefficient (Wildman–Crippen LogP) is 11.0. The van der Waals surface area contributed by atoms with Crippen molar-refractivity contribution in [1.82, 2.24) is 4.90 Å². The van der Waals surface area contributed by atoms with Gasteiger partial charge >= 0.3 is 17.9 Å². The van der Waals surface area contributed by atoms with Crippen molar-refractivity contribution < 1.29 is 77.4 Å². The molecule has 3 aliphatic rings. The average Bonchev–Trinajstić information content (AvgIpc) is 1.29. The number of ether oxygens (including phenoxy) is 4. The maximum Gasteiger partial charge on any atom is 0.339 e. The fraction of sp³-hybridized carbons (Fsp3) is 0.662. The monoisotopic (exact) mass is 1340 g/mol. The Hall–Kier alpha value is -5.42. The molecule has 1 aromatic carbocycles. The van der Waals surface area contributed by atoms with Gasteiger partial charge in [-0.2, -0.15) is 0 Å². The van der Waals surface area contributed by atoms with E-state index in [1.165, 1.54) is 27.9 Å². The largest absolute Gasteiger partial charge is 0.462 e. The fourth-order valence-corrected chi connectivity index (χ4v) is 13.3. The van der Waals surface area contributed by atoms with Crippen LogP contribution in [-0.4, -0.2) is 130 Å². The lowest BCUT2D eigenvalue weighted by Gasteiger charge is -2.37. The summed E-state index contributed by atoms with van der Waals surface area (Å²) in [5.74, 6) is -11.1. The van der Waals surface area contributed by atoms with Crippen LogP contribution in [0.15, 0.2) is 47.6 Å². The van der Waals surface area contributed by atoms with Gasteiger partial charge in [-0.3, -0.25) is 33.6 Å². The van der Waals surface area contributed by atoms with E-state index < -0.39 is 77.4 Å². The van der Waals surface area contributed by atoms with Crippen LogP contribution in [0.5, 0.6) is 0 Å². The summed E-state index contributed by atoms with van der Waals surface area (Å²) in [6.45, 7) is 18.8. The summed E-state index contributed by atoms with van der Waals surface area (Å²) in [6, 6.07) is -1.23. The number of carbonyl (C=O) groups excluding carboxylic acids is 9. The Morgan fingerprint density at radius 3 is 2.14 bits per heavy atom.